The molecule has 0 heterocycles. The summed E-state index contributed by atoms with van der Waals surface area (Å²) in [5.74, 6) is -0.0856. The van der Waals surface area contributed by atoms with Crippen LogP contribution < -0.4 is 10.6 Å². The van der Waals surface area contributed by atoms with E-state index in [1.807, 2.05) is 62.4 Å². The lowest BCUT2D eigenvalue weighted by Crippen LogP contribution is -2.32. The number of hydrogen-bond donors (Lipinski definition) is 3. The first-order valence-corrected chi connectivity index (χ1v) is 7.86. The molecule has 0 saturated heterocycles. The number of nitrogens with one attached hydrogen (secondary N) is 2. The molecule has 2 rings (SSSR count). The average molecular weight is 312 g/mol. The topological polar surface area (TPSA) is 61.4 Å². The van der Waals surface area contributed by atoms with E-state index in [0.717, 1.165) is 22.4 Å². The number of benzene rings is 2. The van der Waals surface area contributed by atoms with Crippen LogP contribution in [0.3, 0.4) is 0 Å². The maximum absolute atomic E-state index is 12.2. The van der Waals surface area contributed by atoms with Gasteiger partial charge in [-0.05, 0) is 43.0 Å². The second kappa shape index (κ2) is 8.46. The van der Waals surface area contributed by atoms with E-state index in [0.29, 0.717) is 6.42 Å². The minimum atomic E-state index is -0.0856. The van der Waals surface area contributed by atoms with E-state index in [1.165, 1.54) is 0 Å². The number of rotatable bonds is 7. The van der Waals surface area contributed by atoms with Gasteiger partial charge in [-0.3, -0.25) is 4.79 Å². The molecule has 1 unspecified atom stereocenters. The number of amides is 1. The van der Waals surface area contributed by atoms with Gasteiger partial charge in [-0.1, -0.05) is 42.5 Å². The van der Waals surface area contributed by atoms with Crippen molar-refractivity contribution in [2.24, 2.45) is 0 Å². The summed E-state index contributed by atoms with van der Waals surface area (Å²) in [4.78, 5) is 12.2. The van der Waals surface area contributed by atoms with E-state index in [1.54, 1.807) is 0 Å². The molecule has 2 aromatic carbocycles. The van der Waals surface area contributed by atoms with Crippen LogP contribution in [0.5, 0.6) is 0 Å². The molecule has 0 fully saturated rings. The minimum Gasteiger partial charge on any atom is -0.396 e. The molecule has 0 bridgehead atoms. The van der Waals surface area contributed by atoms with Crippen LogP contribution in [0.15, 0.2) is 48.5 Å². The predicted molar refractivity (Wildman–Crippen MR) is 93.4 cm³/mol. The fourth-order valence-corrected chi connectivity index (χ4v) is 2.48. The zero-order valence-corrected chi connectivity index (χ0v) is 13.7. The second-order valence-electron chi connectivity index (χ2n) is 5.72. The van der Waals surface area contributed by atoms with Crippen molar-refractivity contribution in [2.45, 2.75) is 26.3 Å². The van der Waals surface area contributed by atoms with Crippen molar-refractivity contribution in [2.75, 3.05) is 18.5 Å². The van der Waals surface area contributed by atoms with Gasteiger partial charge in [-0.15, -0.1) is 0 Å². The maximum atomic E-state index is 12.2. The number of aliphatic hydroxyl groups excluding tert-OH is 1. The summed E-state index contributed by atoms with van der Waals surface area (Å²) in [6.07, 6.45) is 0.570. The molecule has 0 aromatic heterocycles. The Morgan fingerprint density at radius 2 is 1.87 bits per heavy atom. The van der Waals surface area contributed by atoms with Crippen molar-refractivity contribution >= 4 is 11.6 Å². The Labute approximate surface area is 137 Å². The zero-order valence-electron chi connectivity index (χ0n) is 13.7. The molecule has 23 heavy (non-hydrogen) atoms. The van der Waals surface area contributed by atoms with E-state index in [4.69, 9.17) is 0 Å². The normalized spacial score (nSPS) is 12.0. The Bertz CT molecular complexity index is 641. The van der Waals surface area contributed by atoms with Gasteiger partial charge >= 0.3 is 0 Å². The van der Waals surface area contributed by atoms with Crippen molar-refractivity contribution in [1.82, 2.24) is 5.32 Å². The van der Waals surface area contributed by atoms with Gasteiger partial charge in [0.25, 0.3) is 0 Å². The molecule has 0 aliphatic carbocycles. The average Bonchev–Trinajstić information content (AvgIpc) is 2.55. The molecule has 3 N–H and O–H groups in total. The van der Waals surface area contributed by atoms with Gasteiger partial charge in [0.05, 0.1) is 6.54 Å². The molecule has 0 aliphatic rings. The molecular weight excluding hydrogens is 288 g/mol. The number of aliphatic hydroxyl groups is 1. The molecule has 1 atom stereocenters. The van der Waals surface area contributed by atoms with Crippen LogP contribution in [0.1, 0.15) is 29.2 Å². The SMILES string of the molecule is Cc1ccc(C)c(NC(=O)CNC(CCO)c2ccccc2)c1. The van der Waals surface area contributed by atoms with Crippen LogP contribution in [0, 0.1) is 13.8 Å². The molecule has 0 aliphatic heterocycles. The zero-order chi connectivity index (χ0) is 16.7. The van der Waals surface area contributed by atoms with E-state index in [9.17, 15) is 9.90 Å². The van der Waals surface area contributed by atoms with Crippen molar-refractivity contribution in [3.8, 4) is 0 Å². The molecular formula is C19H24N2O2. The summed E-state index contributed by atoms with van der Waals surface area (Å²) in [6.45, 7) is 4.25. The van der Waals surface area contributed by atoms with Crippen LogP contribution in [0.2, 0.25) is 0 Å². The van der Waals surface area contributed by atoms with Crippen molar-refractivity contribution in [3.63, 3.8) is 0 Å². The first-order valence-electron chi connectivity index (χ1n) is 7.86. The standard InChI is InChI=1S/C19H24N2O2/c1-14-8-9-15(2)18(12-14)21-19(23)13-20-17(10-11-22)16-6-4-3-5-7-16/h3-9,12,17,20,22H,10-11,13H2,1-2H3,(H,21,23). The van der Waals surface area contributed by atoms with Crippen LogP contribution in [0.4, 0.5) is 5.69 Å². The van der Waals surface area contributed by atoms with Gasteiger partial charge in [-0.25, -0.2) is 0 Å². The third kappa shape index (κ3) is 5.20. The summed E-state index contributed by atoms with van der Waals surface area (Å²) in [5, 5.41) is 15.4. The van der Waals surface area contributed by atoms with E-state index < -0.39 is 0 Å². The molecule has 4 nitrogen and oxygen atoms in total. The Morgan fingerprint density at radius 3 is 2.57 bits per heavy atom. The van der Waals surface area contributed by atoms with Crippen molar-refractivity contribution in [1.29, 1.82) is 0 Å². The number of carbonyl (C=O) groups excluding carboxylic acids is 1. The third-order valence-electron chi connectivity index (χ3n) is 3.80. The van der Waals surface area contributed by atoms with E-state index >= 15 is 0 Å². The largest absolute Gasteiger partial charge is 0.396 e. The lowest BCUT2D eigenvalue weighted by atomic mass is 10.0. The van der Waals surface area contributed by atoms with Crippen LogP contribution in [-0.2, 0) is 4.79 Å². The summed E-state index contributed by atoms with van der Waals surface area (Å²) < 4.78 is 0. The Balaban J connectivity index is 1.95. The molecule has 0 radical (unpaired) electrons. The van der Waals surface area contributed by atoms with Gasteiger partial charge < -0.3 is 15.7 Å². The Morgan fingerprint density at radius 1 is 1.13 bits per heavy atom. The second-order valence-corrected chi connectivity index (χ2v) is 5.72. The highest BCUT2D eigenvalue weighted by Crippen LogP contribution is 2.17. The minimum absolute atomic E-state index is 0.0365. The van der Waals surface area contributed by atoms with Gasteiger partial charge in [0.15, 0.2) is 0 Å². The van der Waals surface area contributed by atoms with Crippen LogP contribution >= 0.6 is 0 Å². The predicted octanol–water partition coefficient (Wildman–Crippen LogP) is 2.96. The summed E-state index contributed by atoms with van der Waals surface area (Å²) in [5.41, 5.74) is 4.07. The van der Waals surface area contributed by atoms with Gasteiger partial charge in [0.1, 0.15) is 0 Å². The van der Waals surface area contributed by atoms with E-state index in [-0.39, 0.29) is 25.1 Å². The molecule has 0 saturated carbocycles. The smallest absolute Gasteiger partial charge is 0.238 e. The monoisotopic (exact) mass is 312 g/mol. The molecule has 2 aromatic rings. The number of hydrogen-bond acceptors (Lipinski definition) is 3. The quantitative estimate of drug-likeness (QED) is 0.736. The fourth-order valence-electron chi connectivity index (χ4n) is 2.48. The van der Waals surface area contributed by atoms with E-state index in [2.05, 4.69) is 10.6 Å². The molecule has 4 heteroatoms. The van der Waals surface area contributed by atoms with Crippen molar-refractivity contribution < 1.29 is 9.90 Å². The van der Waals surface area contributed by atoms with Crippen LogP contribution in [0.25, 0.3) is 0 Å². The number of aryl methyl sites for hydroxylation is 2. The molecule has 122 valence electrons. The first-order chi connectivity index (χ1) is 11.1. The third-order valence-corrected chi connectivity index (χ3v) is 3.80. The highest BCUT2D eigenvalue weighted by Gasteiger charge is 2.12. The van der Waals surface area contributed by atoms with Gasteiger partial charge in [0.2, 0.25) is 5.91 Å². The first kappa shape index (κ1) is 17.2. The molecule has 0 spiro atoms. The Kier molecular flexibility index (Phi) is 6.32. The summed E-state index contributed by atoms with van der Waals surface area (Å²) >= 11 is 0. The summed E-state index contributed by atoms with van der Waals surface area (Å²) in [7, 11) is 0. The highest BCUT2D eigenvalue weighted by atomic mass is 16.3. The van der Waals surface area contributed by atoms with Gasteiger partial charge in [-0.2, -0.15) is 0 Å². The highest BCUT2D eigenvalue weighted by molar-refractivity contribution is 5.93. The molecule has 1 amide bonds. The van der Waals surface area contributed by atoms with Crippen LogP contribution in [-0.4, -0.2) is 24.2 Å². The number of anilines is 1. The lowest BCUT2D eigenvalue weighted by Gasteiger charge is -2.18. The maximum Gasteiger partial charge on any atom is 0.238 e. The fraction of sp³-hybridized carbons (Fsp3) is 0.316. The Hall–Kier alpha value is -2.17. The number of carbonyl (C=O) groups is 1. The summed E-state index contributed by atoms with van der Waals surface area (Å²) in [6, 6.07) is 15.8. The lowest BCUT2D eigenvalue weighted by molar-refractivity contribution is -0.115. The van der Waals surface area contributed by atoms with Crippen molar-refractivity contribution in [3.05, 3.63) is 65.2 Å². The van der Waals surface area contributed by atoms with Gasteiger partial charge in [0, 0.05) is 18.3 Å².